The fourth-order valence-electron chi connectivity index (χ4n) is 2.20. The molecule has 2 N–H and O–H groups in total. The summed E-state index contributed by atoms with van der Waals surface area (Å²) in [4.78, 5) is 12.0. The maximum absolute atomic E-state index is 13.1. The fraction of sp³-hybridized carbons (Fsp3) is 0.462. The molecule has 1 fully saturated rings. The van der Waals surface area contributed by atoms with Crippen molar-refractivity contribution in [2.45, 2.75) is 19.3 Å². The normalized spacial score (nSPS) is 16.4. The predicted octanol–water partition coefficient (Wildman–Crippen LogP) is 3.57. The molecule has 0 unspecified atom stereocenters. The summed E-state index contributed by atoms with van der Waals surface area (Å²) in [5, 5.41) is 6.21. The van der Waals surface area contributed by atoms with Crippen LogP contribution in [0.15, 0.2) is 16.6 Å². The van der Waals surface area contributed by atoms with E-state index in [1.807, 2.05) is 0 Å². The lowest BCUT2D eigenvalue weighted by Crippen LogP contribution is -2.30. The second-order valence-corrected chi connectivity index (χ2v) is 5.95. The minimum absolute atomic E-state index is 0.0823. The molecule has 0 bridgehead atoms. The first-order chi connectivity index (χ1) is 9.06. The van der Waals surface area contributed by atoms with Gasteiger partial charge in [-0.15, -0.1) is 0 Å². The average molecular weight is 350 g/mol. The molecule has 6 heteroatoms. The van der Waals surface area contributed by atoms with Crippen LogP contribution >= 0.6 is 27.5 Å². The van der Waals surface area contributed by atoms with Crippen molar-refractivity contribution in [3.05, 3.63) is 27.4 Å². The van der Waals surface area contributed by atoms with Gasteiger partial charge in [0, 0.05) is 10.9 Å². The minimum atomic E-state index is -0.437. The Morgan fingerprint density at radius 1 is 1.47 bits per heavy atom. The second-order valence-electron chi connectivity index (χ2n) is 4.69. The molecule has 2 rings (SSSR count). The van der Waals surface area contributed by atoms with Crippen LogP contribution in [0.5, 0.6) is 0 Å². The Hall–Kier alpha value is -0.650. The summed E-state index contributed by atoms with van der Waals surface area (Å²) in [6, 6.07) is 2.47. The van der Waals surface area contributed by atoms with Gasteiger partial charge in [0.05, 0.1) is 10.7 Å². The van der Waals surface area contributed by atoms with Gasteiger partial charge in [-0.25, -0.2) is 4.39 Å². The Morgan fingerprint density at radius 2 is 2.16 bits per heavy atom. The monoisotopic (exact) mass is 348 g/mol. The van der Waals surface area contributed by atoms with Gasteiger partial charge in [0.1, 0.15) is 5.82 Å². The van der Waals surface area contributed by atoms with Gasteiger partial charge in [-0.3, -0.25) is 4.79 Å². The molecule has 0 radical (unpaired) electrons. The van der Waals surface area contributed by atoms with E-state index in [1.165, 1.54) is 12.1 Å². The third-order valence-corrected chi connectivity index (χ3v) is 4.13. The molecule has 1 heterocycles. The molecule has 19 heavy (non-hydrogen) atoms. The summed E-state index contributed by atoms with van der Waals surface area (Å²) in [5.41, 5.74) is 0.432. The SMILES string of the molecule is O=C(CC1CCNCC1)Nc1c(Cl)cc(F)cc1Br. The van der Waals surface area contributed by atoms with E-state index in [1.54, 1.807) is 0 Å². The number of carbonyl (C=O) groups is 1. The zero-order chi connectivity index (χ0) is 13.8. The molecular weight excluding hydrogens is 335 g/mol. The van der Waals surface area contributed by atoms with Crippen molar-refractivity contribution >= 4 is 39.1 Å². The number of hydrogen-bond acceptors (Lipinski definition) is 2. The Labute approximate surface area is 125 Å². The van der Waals surface area contributed by atoms with E-state index in [2.05, 4.69) is 26.6 Å². The van der Waals surface area contributed by atoms with Crippen LogP contribution in [0.25, 0.3) is 0 Å². The van der Waals surface area contributed by atoms with E-state index in [0.29, 0.717) is 22.5 Å². The Kier molecular flexibility index (Phi) is 5.19. The lowest BCUT2D eigenvalue weighted by Gasteiger charge is -2.22. The van der Waals surface area contributed by atoms with Crippen LogP contribution in [0.1, 0.15) is 19.3 Å². The zero-order valence-electron chi connectivity index (χ0n) is 10.3. The van der Waals surface area contributed by atoms with Crippen LogP contribution in [-0.4, -0.2) is 19.0 Å². The van der Waals surface area contributed by atoms with Gasteiger partial charge in [0.2, 0.25) is 5.91 Å². The van der Waals surface area contributed by atoms with Gasteiger partial charge in [0.15, 0.2) is 0 Å². The molecule has 1 aromatic carbocycles. The third-order valence-electron chi connectivity index (χ3n) is 3.20. The molecule has 1 aliphatic heterocycles. The molecule has 1 amide bonds. The van der Waals surface area contributed by atoms with E-state index < -0.39 is 5.82 Å². The highest BCUT2D eigenvalue weighted by molar-refractivity contribution is 9.10. The van der Waals surface area contributed by atoms with E-state index in [9.17, 15) is 9.18 Å². The number of piperidine rings is 1. The Balaban J connectivity index is 1.98. The number of hydrogen-bond donors (Lipinski definition) is 2. The lowest BCUT2D eigenvalue weighted by molar-refractivity contribution is -0.117. The van der Waals surface area contributed by atoms with E-state index in [-0.39, 0.29) is 10.9 Å². The van der Waals surface area contributed by atoms with Crippen LogP contribution in [-0.2, 0) is 4.79 Å². The Morgan fingerprint density at radius 3 is 2.79 bits per heavy atom. The largest absolute Gasteiger partial charge is 0.324 e. The number of anilines is 1. The topological polar surface area (TPSA) is 41.1 Å². The van der Waals surface area contributed by atoms with Crippen LogP contribution in [0.3, 0.4) is 0 Å². The molecule has 3 nitrogen and oxygen atoms in total. The van der Waals surface area contributed by atoms with Gasteiger partial charge in [0.25, 0.3) is 0 Å². The number of nitrogens with one attached hydrogen (secondary N) is 2. The summed E-state index contributed by atoms with van der Waals surface area (Å²) in [6.07, 6.45) is 2.49. The standard InChI is InChI=1S/C13H15BrClFN2O/c14-10-6-9(16)7-11(15)13(10)18-12(19)5-8-1-3-17-4-2-8/h6-8,17H,1-5H2,(H,18,19). The van der Waals surface area contributed by atoms with Gasteiger partial charge in [-0.1, -0.05) is 11.6 Å². The summed E-state index contributed by atoms with van der Waals surface area (Å²) < 4.78 is 13.5. The number of benzene rings is 1. The minimum Gasteiger partial charge on any atom is -0.324 e. The molecule has 104 valence electrons. The summed E-state index contributed by atoms with van der Waals surface area (Å²) in [7, 11) is 0. The van der Waals surface area contributed by atoms with Crippen molar-refractivity contribution in [3.63, 3.8) is 0 Å². The van der Waals surface area contributed by atoms with Gasteiger partial charge in [-0.2, -0.15) is 0 Å². The van der Waals surface area contributed by atoms with Crippen LogP contribution in [0, 0.1) is 11.7 Å². The van der Waals surface area contributed by atoms with Crippen molar-refractivity contribution in [3.8, 4) is 0 Å². The quantitative estimate of drug-likeness (QED) is 0.876. The molecule has 0 aromatic heterocycles. The molecule has 0 atom stereocenters. The maximum atomic E-state index is 13.1. The van der Waals surface area contributed by atoms with E-state index in [0.717, 1.165) is 25.9 Å². The van der Waals surface area contributed by atoms with E-state index >= 15 is 0 Å². The first-order valence-electron chi connectivity index (χ1n) is 6.21. The fourth-order valence-corrected chi connectivity index (χ4v) is 3.10. The molecule has 1 aliphatic rings. The van der Waals surface area contributed by atoms with Crippen molar-refractivity contribution in [1.82, 2.24) is 5.32 Å². The first-order valence-corrected chi connectivity index (χ1v) is 7.38. The highest BCUT2D eigenvalue weighted by Gasteiger charge is 2.18. The molecule has 0 saturated carbocycles. The van der Waals surface area contributed by atoms with Crippen LogP contribution in [0.4, 0.5) is 10.1 Å². The molecule has 1 aromatic rings. The van der Waals surface area contributed by atoms with Gasteiger partial charge >= 0.3 is 0 Å². The summed E-state index contributed by atoms with van der Waals surface area (Å²) >= 11 is 9.13. The lowest BCUT2D eigenvalue weighted by atomic mass is 9.94. The molecule has 0 spiro atoms. The van der Waals surface area contributed by atoms with Crippen LogP contribution in [0.2, 0.25) is 5.02 Å². The first kappa shape index (κ1) is 14.8. The van der Waals surface area contributed by atoms with Crippen molar-refractivity contribution < 1.29 is 9.18 Å². The molecule has 1 saturated heterocycles. The van der Waals surface area contributed by atoms with Gasteiger partial charge in [-0.05, 0) is 59.9 Å². The Bertz CT molecular complexity index is 455. The summed E-state index contributed by atoms with van der Waals surface area (Å²) in [5.74, 6) is -0.117. The van der Waals surface area contributed by atoms with Crippen molar-refractivity contribution in [1.29, 1.82) is 0 Å². The third kappa shape index (κ3) is 4.16. The maximum Gasteiger partial charge on any atom is 0.224 e. The molecular formula is C13H15BrClFN2O. The van der Waals surface area contributed by atoms with Crippen molar-refractivity contribution in [2.75, 3.05) is 18.4 Å². The van der Waals surface area contributed by atoms with Crippen LogP contribution < -0.4 is 10.6 Å². The van der Waals surface area contributed by atoms with Gasteiger partial charge < -0.3 is 10.6 Å². The number of halogens is 3. The highest BCUT2D eigenvalue weighted by atomic mass is 79.9. The molecule has 0 aliphatic carbocycles. The number of carbonyl (C=O) groups excluding carboxylic acids is 1. The predicted molar refractivity (Wildman–Crippen MR) is 78.0 cm³/mol. The summed E-state index contributed by atoms with van der Waals surface area (Å²) in [6.45, 7) is 1.91. The number of amides is 1. The second kappa shape index (κ2) is 6.68. The highest BCUT2D eigenvalue weighted by Crippen LogP contribution is 2.32. The van der Waals surface area contributed by atoms with E-state index in [4.69, 9.17) is 11.6 Å². The van der Waals surface area contributed by atoms with Crippen molar-refractivity contribution in [2.24, 2.45) is 5.92 Å². The zero-order valence-corrected chi connectivity index (χ0v) is 12.7. The smallest absolute Gasteiger partial charge is 0.224 e. The number of rotatable bonds is 3. The average Bonchev–Trinajstić information content (AvgIpc) is 2.35.